The summed E-state index contributed by atoms with van der Waals surface area (Å²) in [6, 6.07) is 23.3. The van der Waals surface area contributed by atoms with Gasteiger partial charge < -0.3 is 21.1 Å². The Morgan fingerprint density at radius 2 is 1.68 bits per heavy atom. The van der Waals surface area contributed by atoms with Gasteiger partial charge in [-0.1, -0.05) is 41.9 Å². The first-order chi connectivity index (χ1) is 19.7. The number of thioether (sulfide) groups is 1. The highest BCUT2D eigenvalue weighted by molar-refractivity contribution is 8.00. The fourth-order valence-electron chi connectivity index (χ4n) is 3.55. The lowest BCUT2D eigenvalue weighted by Gasteiger charge is -2.15. The predicted octanol–water partition coefficient (Wildman–Crippen LogP) is 6.63. The molecule has 0 spiro atoms. The number of anilines is 2. The van der Waals surface area contributed by atoms with Crippen molar-refractivity contribution in [3.8, 4) is 0 Å². The van der Waals surface area contributed by atoms with Gasteiger partial charge in [-0.05, 0) is 73.0 Å². The average Bonchev–Trinajstić information content (AvgIpc) is 3.47. The second kappa shape index (κ2) is 13.8. The molecule has 0 saturated carbocycles. The van der Waals surface area contributed by atoms with Crippen LogP contribution in [0.2, 0.25) is 5.02 Å². The van der Waals surface area contributed by atoms with E-state index in [2.05, 4.69) is 16.0 Å². The van der Waals surface area contributed by atoms with Crippen molar-refractivity contribution in [3.63, 3.8) is 0 Å². The van der Waals surface area contributed by atoms with Crippen LogP contribution in [0, 0.1) is 0 Å². The quantitative estimate of drug-likeness (QED) is 0.119. The molecule has 0 aliphatic carbocycles. The lowest BCUT2D eigenvalue weighted by Crippen LogP contribution is -2.30. The van der Waals surface area contributed by atoms with E-state index >= 15 is 0 Å². The van der Waals surface area contributed by atoms with Gasteiger partial charge in [0.1, 0.15) is 5.70 Å². The minimum absolute atomic E-state index is 0.000838. The van der Waals surface area contributed by atoms with Gasteiger partial charge in [-0.3, -0.25) is 14.4 Å². The monoisotopic (exact) mass is 605 g/mol. The minimum atomic E-state index is -1.13. The number of amides is 3. The SMILES string of the molecule is CC(Sc1cccc(NC(=O)/C(=C/c2cccs2)NC(=O)c2ccccc2)c1)C(=O)Nc1cc(C(=O)O)ccc1Cl. The van der Waals surface area contributed by atoms with Crippen LogP contribution in [0.5, 0.6) is 0 Å². The molecule has 8 nitrogen and oxygen atoms in total. The zero-order valence-electron chi connectivity index (χ0n) is 21.6. The molecule has 3 aromatic carbocycles. The molecule has 3 amide bonds. The van der Waals surface area contributed by atoms with E-state index in [-0.39, 0.29) is 27.9 Å². The van der Waals surface area contributed by atoms with Crippen molar-refractivity contribution < 1.29 is 24.3 Å². The van der Waals surface area contributed by atoms with Gasteiger partial charge in [-0.15, -0.1) is 23.1 Å². The molecule has 208 valence electrons. The molecule has 4 aromatic rings. The third kappa shape index (κ3) is 8.31. The third-order valence-corrected chi connectivity index (χ3v) is 7.85. The number of carbonyl (C=O) groups excluding carboxylic acids is 3. The van der Waals surface area contributed by atoms with Crippen LogP contribution in [-0.2, 0) is 9.59 Å². The summed E-state index contributed by atoms with van der Waals surface area (Å²) >= 11 is 8.80. The van der Waals surface area contributed by atoms with Crippen molar-refractivity contribution in [1.29, 1.82) is 0 Å². The molecule has 1 heterocycles. The fraction of sp³-hybridized carbons (Fsp3) is 0.0667. The molecule has 0 fully saturated rings. The molecule has 0 bridgehead atoms. The van der Waals surface area contributed by atoms with Crippen molar-refractivity contribution in [2.75, 3.05) is 10.6 Å². The van der Waals surface area contributed by atoms with Gasteiger partial charge in [-0.2, -0.15) is 0 Å². The van der Waals surface area contributed by atoms with Crippen LogP contribution in [0.3, 0.4) is 0 Å². The molecule has 11 heteroatoms. The molecule has 0 aliphatic rings. The molecular formula is C30H24ClN3O5S2. The number of thiophene rings is 1. The van der Waals surface area contributed by atoms with Crippen LogP contribution in [-0.4, -0.2) is 34.0 Å². The van der Waals surface area contributed by atoms with Gasteiger partial charge in [0.15, 0.2) is 0 Å². The number of halogens is 1. The van der Waals surface area contributed by atoms with Crippen LogP contribution >= 0.6 is 34.7 Å². The van der Waals surface area contributed by atoms with Gasteiger partial charge >= 0.3 is 5.97 Å². The number of aromatic carboxylic acids is 1. The smallest absolute Gasteiger partial charge is 0.335 e. The van der Waals surface area contributed by atoms with Crippen molar-refractivity contribution >= 4 is 75.8 Å². The van der Waals surface area contributed by atoms with Gasteiger partial charge in [0.25, 0.3) is 11.8 Å². The van der Waals surface area contributed by atoms with Crippen LogP contribution in [0.25, 0.3) is 6.08 Å². The maximum atomic E-state index is 13.2. The number of rotatable bonds is 10. The summed E-state index contributed by atoms with van der Waals surface area (Å²) in [6.45, 7) is 1.70. The molecule has 4 rings (SSSR count). The first-order valence-corrected chi connectivity index (χ1v) is 14.4. The Labute approximate surface area is 249 Å². The average molecular weight is 606 g/mol. The minimum Gasteiger partial charge on any atom is -0.478 e. The molecule has 4 N–H and O–H groups in total. The van der Waals surface area contributed by atoms with Gasteiger partial charge in [0, 0.05) is 21.0 Å². The van der Waals surface area contributed by atoms with E-state index in [1.54, 1.807) is 67.6 Å². The van der Waals surface area contributed by atoms with Crippen molar-refractivity contribution in [2.24, 2.45) is 0 Å². The van der Waals surface area contributed by atoms with Gasteiger partial charge in [0.2, 0.25) is 5.91 Å². The standard InChI is InChI=1S/C30H24ClN3O5S2/c1-18(27(35)33-25-15-20(30(38)39)12-13-24(25)31)41-23-10-5-9-21(16-23)32-29(37)26(17-22-11-6-14-40-22)34-28(36)19-7-3-2-4-8-19/h2-18H,1H3,(H,32,37)(H,33,35)(H,34,36)(H,38,39)/b26-17-. The second-order valence-corrected chi connectivity index (χ2v) is 11.4. The first-order valence-electron chi connectivity index (χ1n) is 12.2. The molecular weight excluding hydrogens is 582 g/mol. The van der Waals surface area contributed by atoms with E-state index in [1.165, 1.54) is 41.3 Å². The maximum Gasteiger partial charge on any atom is 0.335 e. The summed E-state index contributed by atoms with van der Waals surface area (Å²) in [5.41, 5.74) is 1.16. The van der Waals surface area contributed by atoms with Crippen LogP contribution in [0.15, 0.2) is 101 Å². The van der Waals surface area contributed by atoms with E-state index < -0.39 is 23.0 Å². The summed E-state index contributed by atoms with van der Waals surface area (Å²) in [6.07, 6.45) is 1.61. The Balaban J connectivity index is 1.45. The van der Waals surface area contributed by atoms with E-state index in [0.29, 0.717) is 16.1 Å². The van der Waals surface area contributed by atoms with Crippen LogP contribution in [0.1, 0.15) is 32.5 Å². The zero-order chi connectivity index (χ0) is 29.4. The summed E-state index contributed by atoms with van der Waals surface area (Å²) in [5.74, 6) is -2.43. The fourth-order valence-corrected chi connectivity index (χ4v) is 5.30. The topological polar surface area (TPSA) is 125 Å². The Morgan fingerprint density at radius 1 is 0.902 bits per heavy atom. The van der Waals surface area contributed by atoms with E-state index in [1.807, 2.05) is 17.5 Å². The number of benzene rings is 3. The Kier molecular flexibility index (Phi) is 9.96. The Bertz CT molecular complexity index is 1610. The molecule has 0 radical (unpaired) electrons. The number of carbonyl (C=O) groups is 4. The van der Waals surface area contributed by atoms with E-state index in [4.69, 9.17) is 11.6 Å². The summed E-state index contributed by atoms with van der Waals surface area (Å²) in [5, 5.41) is 18.9. The van der Waals surface area contributed by atoms with Crippen LogP contribution < -0.4 is 16.0 Å². The zero-order valence-corrected chi connectivity index (χ0v) is 24.0. The number of carboxylic acids is 1. The number of carboxylic acid groups (broad SMARTS) is 1. The lowest BCUT2D eigenvalue weighted by atomic mass is 10.2. The summed E-state index contributed by atoms with van der Waals surface area (Å²) in [7, 11) is 0. The van der Waals surface area contributed by atoms with E-state index in [9.17, 15) is 24.3 Å². The molecule has 1 atom stereocenters. The summed E-state index contributed by atoms with van der Waals surface area (Å²) < 4.78 is 0. The highest BCUT2D eigenvalue weighted by Crippen LogP contribution is 2.29. The molecule has 41 heavy (non-hydrogen) atoms. The third-order valence-electron chi connectivity index (χ3n) is 5.60. The second-order valence-electron chi connectivity index (χ2n) is 8.62. The molecule has 0 aliphatic heterocycles. The largest absolute Gasteiger partial charge is 0.478 e. The Hall–Kier alpha value is -4.38. The maximum absolute atomic E-state index is 13.2. The van der Waals surface area contributed by atoms with Gasteiger partial charge in [0.05, 0.1) is 21.5 Å². The Morgan fingerprint density at radius 3 is 2.39 bits per heavy atom. The molecule has 1 unspecified atom stereocenters. The molecule has 0 saturated heterocycles. The highest BCUT2D eigenvalue weighted by atomic mass is 35.5. The first kappa shape index (κ1) is 29.6. The van der Waals surface area contributed by atoms with Crippen LogP contribution in [0.4, 0.5) is 11.4 Å². The molecule has 1 aromatic heterocycles. The lowest BCUT2D eigenvalue weighted by molar-refractivity contribution is -0.115. The normalized spacial score (nSPS) is 11.8. The van der Waals surface area contributed by atoms with Gasteiger partial charge in [-0.25, -0.2) is 4.79 Å². The summed E-state index contributed by atoms with van der Waals surface area (Å²) in [4.78, 5) is 51.6. The van der Waals surface area contributed by atoms with Crippen molar-refractivity contribution in [3.05, 3.63) is 117 Å². The van der Waals surface area contributed by atoms with E-state index in [0.717, 1.165) is 4.88 Å². The van der Waals surface area contributed by atoms with Crippen molar-refractivity contribution in [1.82, 2.24) is 5.32 Å². The number of hydrogen-bond donors (Lipinski definition) is 4. The number of hydrogen-bond acceptors (Lipinski definition) is 6. The van der Waals surface area contributed by atoms with Crippen molar-refractivity contribution in [2.45, 2.75) is 17.1 Å². The predicted molar refractivity (Wildman–Crippen MR) is 164 cm³/mol. The highest BCUT2D eigenvalue weighted by Gasteiger charge is 2.19. The number of nitrogens with one attached hydrogen (secondary N) is 3.